The van der Waals surface area contributed by atoms with E-state index in [4.69, 9.17) is 0 Å². The summed E-state index contributed by atoms with van der Waals surface area (Å²) in [5.74, 6) is 0. The molecule has 0 saturated carbocycles. The maximum Gasteiger partial charge on any atom is 0.166 e. The smallest absolute Gasteiger partial charge is 0.166 e. The third-order valence-electron chi connectivity index (χ3n) is 6.13. The van der Waals surface area contributed by atoms with Crippen LogP contribution in [-0.4, -0.2) is 35.5 Å². The van der Waals surface area contributed by atoms with Gasteiger partial charge in [-0.2, -0.15) is 0 Å². The summed E-state index contributed by atoms with van der Waals surface area (Å²) >= 11 is 0. The second-order valence-electron chi connectivity index (χ2n) is 8.24. The minimum absolute atomic E-state index is 0.268. The van der Waals surface area contributed by atoms with Crippen LogP contribution in [0.5, 0.6) is 0 Å². The number of nitrogens with one attached hydrogen (secondary N) is 1. The van der Waals surface area contributed by atoms with Crippen LogP contribution in [0.2, 0.25) is 0 Å². The first-order chi connectivity index (χ1) is 13.3. The molecule has 158 valence electrons. The van der Waals surface area contributed by atoms with Crippen LogP contribution < -0.4 is 5.32 Å². The maximum atomic E-state index is 9.36. The van der Waals surface area contributed by atoms with E-state index in [1.165, 1.54) is 89.9 Å². The number of quaternary nitrogens is 1. The molecule has 0 spiro atoms. The molecule has 1 heterocycles. The summed E-state index contributed by atoms with van der Waals surface area (Å²) in [7, 11) is 0. The molecule has 1 aliphatic heterocycles. The number of likely N-dealkylation sites (N-methyl/N-ethyl adjacent to an activating group) is 1. The first-order valence-electron chi connectivity index (χ1n) is 11.8. The van der Waals surface area contributed by atoms with Crippen molar-refractivity contribution in [3.8, 4) is 0 Å². The van der Waals surface area contributed by atoms with E-state index >= 15 is 0 Å². The Morgan fingerprint density at radius 3 is 2.04 bits per heavy atom. The fourth-order valence-corrected chi connectivity index (χ4v) is 4.20. The lowest BCUT2D eigenvalue weighted by atomic mass is 10.1. The Bertz CT molecular complexity index is 394. The highest BCUT2D eigenvalue weighted by Crippen LogP contribution is 2.22. The van der Waals surface area contributed by atoms with E-state index in [1.54, 1.807) is 0 Å². The van der Waals surface area contributed by atoms with Crippen molar-refractivity contribution in [2.75, 3.05) is 19.7 Å². The van der Waals surface area contributed by atoms with Gasteiger partial charge in [0.2, 0.25) is 0 Å². The number of aliphatic hydroxyl groups excluding tert-OH is 1. The number of rotatable bonds is 18. The summed E-state index contributed by atoms with van der Waals surface area (Å²) in [4.78, 5) is 0. The van der Waals surface area contributed by atoms with Gasteiger partial charge in [0.1, 0.15) is 12.7 Å². The van der Waals surface area contributed by atoms with E-state index in [-0.39, 0.29) is 6.61 Å². The summed E-state index contributed by atoms with van der Waals surface area (Å²) in [6.07, 6.45) is 28.4. The molecule has 0 saturated heterocycles. The van der Waals surface area contributed by atoms with E-state index in [1.807, 2.05) is 0 Å². The molecular formula is C24H47N2O+. The Morgan fingerprint density at radius 2 is 1.44 bits per heavy atom. The molecule has 2 atom stereocenters. The van der Waals surface area contributed by atoms with Gasteiger partial charge in [-0.05, 0) is 39.0 Å². The Balaban J connectivity index is 1.92. The lowest BCUT2D eigenvalue weighted by Gasteiger charge is -2.36. The highest BCUT2D eigenvalue weighted by Gasteiger charge is 2.35. The lowest BCUT2D eigenvalue weighted by molar-refractivity contribution is -0.900. The van der Waals surface area contributed by atoms with Crippen LogP contribution in [0, 0.1) is 0 Å². The van der Waals surface area contributed by atoms with Gasteiger partial charge in [0.05, 0.1) is 19.4 Å². The quantitative estimate of drug-likeness (QED) is 0.167. The average molecular weight is 380 g/mol. The Morgan fingerprint density at radius 1 is 0.852 bits per heavy atom. The molecule has 1 rings (SSSR count). The third-order valence-corrected chi connectivity index (χ3v) is 6.13. The monoisotopic (exact) mass is 379 g/mol. The molecule has 1 aliphatic rings. The van der Waals surface area contributed by atoms with Crippen molar-refractivity contribution < 1.29 is 9.59 Å². The summed E-state index contributed by atoms with van der Waals surface area (Å²) in [6.45, 7) is 6.65. The van der Waals surface area contributed by atoms with Gasteiger partial charge in [0.25, 0.3) is 0 Å². The van der Waals surface area contributed by atoms with Gasteiger partial charge in [-0.1, -0.05) is 70.4 Å². The largest absolute Gasteiger partial charge is 0.390 e. The van der Waals surface area contributed by atoms with Crippen molar-refractivity contribution in [1.29, 1.82) is 0 Å². The van der Waals surface area contributed by atoms with Gasteiger partial charge in [0.15, 0.2) is 6.17 Å². The molecule has 27 heavy (non-hydrogen) atoms. The number of hydrogen-bond donors (Lipinski definition) is 2. The minimum atomic E-state index is 0.268. The van der Waals surface area contributed by atoms with Crippen molar-refractivity contribution in [2.24, 2.45) is 0 Å². The normalized spacial score (nSPS) is 22.0. The van der Waals surface area contributed by atoms with Crippen LogP contribution in [0.15, 0.2) is 24.6 Å². The van der Waals surface area contributed by atoms with Crippen LogP contribution in [0.3, 0.4) is 0 Å². The zero-order valence-electron chi connectivity index (χ0n) is 18.3. The standard InChI is InChI=1S/C24H47N2O/c1-3-5-6-7-8-9-10-11-12-13-14-15-16-17-18-19-24-25-20-21-26(24,4-2)22-23-27/h10-11,20-21,24-25,27H,3-9,12-19,22-23H2,1-2H3/q+1/b11-10+. The average Bonchev–Trinajstić information content (AvgIpc) is 3.08. The van der Waals surface area contributed by atoms with E-state index in [0.717, 1.165) is 17.6 Å². The van der Waals surface area contributed by atoms with Crippen LogP contribution in [-0.2, 0) is 0 Å². The molecule has 0 aromatic rings. The summed E-state index contributed by atoms with van der Waals surface area (Å²) in [5.41, 5.74) is 0. The maximum absolute atomic E-state index is 9.36. The fourth-order valence-electron chi connectivity index (χ4n) is 4.20. The third kappa shape index (κ3) is 10.4. The number of allylic oxidation sites excluding steroid dienone is 2. The van der Waals surface area contributed by atoms with Gasteiger partial charge < -0.3 is 10.4 Å². The number of unbranched alkanes of at least 4 members (excludes halogenated alkanes) is 11. The first kappa shape index (κ1) is 24.2. The SMILES string of the molecule is CCCCCCC/C=C/CCCCCCCCC1NC=C[N+]1(CC)CCO. The predicted molar refractivity (Wildman–Crippen MR) is 118 cm³/mol. The Hall–Kier alpha value is -0.800. The van der Waals surface area contributed by atoms with Gasteiger partial charge in [-0.25, -0.2) is 0 Å². The zero-order valence-corrected chi connectivity index (χ0v) is 18.3. The second-order valence-corrected chi connectivity index (χ2v) is 8.24. The lowest BCUT2D eigenvalue weighted by Crippen LogP contribution is -2.54. The van der Waals surface area contributed by atoms with Crippen LogP contribution in [0.4, 0.5) is 0 Å². The molecule has 2 N–H and O–H groups in total. The Kier molecular flexibility index (Phi) is 14.5. The van der Waals surface area contributed by atoms with Gasteiger partial charge in [-0.3, -0.25) is 4.48 Å². The molecule has 3 heteroatoms. The highest BCUT2D eigenvalue weighted by molar-refractivity contribution is 4.84. The summed E-state index contributed by atoms with van der Waals surface area (Å²) in [5, 5.41) is 12.9. The van der Waals surface area contributed by atoms with E-state index in [2.05, 4.69) is 43.7 Å². The van der Waals surface area contributed by atoms with E-state index in [0.29, 0.717) is 6.17 Å². The fraction of sp³-hybridized carbons (Fsp3) is 0.833. The first-order valence-corrected chi connectivity index (χ1v) is 11.8. The van der Waals surface area contributed by atoms with Gasteiger partial charge >= 0.3 is 0 Å². The molecule has 0 bridgehead atoms. The highest BCUT2D eigenvalue weighted by atomic mass is 16.3. The minimum Gasteiger partial charge on any atom is -0.390 e. The second kappa shape index (κ2) is 16.2. The zero-order chi connectivity index (χ0) is 19.6. The molecule has 0 aromatic heterocycles. The molecule has 0 amide bonds. The number of aliphatic hydroxyl groups is 1. The van der Waals surface area contributed by atoms with Gasteiger partial charge in [-0.15, -0.1) is 0 Å². The number of nitrogens with zero attached hydrogens (tertiary/aromatic N) is 1. The molecule has 0 aliphatic carbocycles. The topological polar surface area (TPSA) is 32.3 Å². The molecule has 0 radical (unpaired) electrons. The van der Waals surface area contributed by atoms with Crippen molar-refractivity contribution in [3.05, 3.63) is 24.6 Å². The van der Waals surface area contributed by atoms with Crippen molar-refractivity contribution >= 4 is 0 Å². The van der Waals surface area contributed by atoms with E-state index in [9.17, 15) is 5.11 Å². The molecule has 0 fully saturated rings. The van der Waals surface area contributed by atoms with Crippen molar-refractivity contribution in [2.45, 2.75) is 110 Å². The Labute approximate surface area is 169 Å². The van der Waals surface area contributed by atoms with E-state index < -0.39 is 0 Å². The molecule has 3 nitrogen and oxygen atoms in total. The number of hydrogen-bond acceptors (Lipinski definition) is 2. The molecular weight excluding hydrogens is 332 g/mol. The van der Waals surface area contributed by atoms with Crippen LogP contribution >= 0.6 is 0 Å². The summed E-state index contributed by atoms with van der Waals surface area (Å²) < 4.78 is 0.904. The van der Waals surface area contributed by atoms with Crippen LogP contribution in [0.25, 0.3) is 0 Å². The van der Waals surface area contributed by atoms with Crippen molar-refractivity contribution in [3.63, 3.8) is 0 Å². The van der Waals surface area contributed by atoms with Crippen molar-refractivity contribution in [1.82, 2.24) is 5.32 Å². The predicted octanol–water partition coefficient (Wildman–Crippen LogP) is 6.25. The van der Waals surface area contributed by atoms with Gasteiger partial charge in [0, 0.05) is 6.42 Å². The molecule has 0 aromatic carbocycles. The van der Waals surface area contributed by atoms with Crippen LogP contribution in [0.1, 0.15) is 104 Å². The molecule has 2 unspecified atom stereocenters. The summed E-state index contributed by atoms with van der Waals surface area (Å²) in [6, 6.07) is 0.